The molecule has 0 N–H and O–H groups in total. The Morgan fingerprint density at radius 3 is 2.53 bits per heavy atom. The summed E-state index contributed by atoms with van der Waals surface area (Å²) in [5, 5.41) is 0. The summed E-state index contributed by atoms with van der Waals surface area (Å²) in [5.41, 5.74) is 0.934. The van der Waals surface area contributed by atoms with Crippen LogP contribution in [-0.4, -0.2) is 37.5 Å². The van der Waals surface area contributed by atoms with E-state index in [2.05, 4.69) is 0 Å². The Labute approximate surface area is 111 Å². The molecular weight excluding hydrogens is 248 g/mol. The van der Waals surface area contributed by atoms with Crippen molar-refractivity contribution >= 4 is 5.97 Å². The van der Waals surface area contributed by atoms with E-state index in [1.807, 2.05) is 37.3 Å². The average Bonchev–Trinajstić information content (AvgIpc) is 2.42. The number of fused-ring (bicyclic) bond motifs is 1. The topological polar surface area (TPSA) is 54.0 Å². The molecule has 2 fully saturated rings. The molecule has 0 bridgehead atoms. The maximum Gasteiger partial charge on any atom is 0.337 e. The van der Waals surface area contributed by atoms with E-state index in [0.717, 1.165) is 5.56 Å². The number of esters is 1. The SMILES string of the molecule is COC(=O)[C@@H]1O[C@@H]2[C@H]1O[C@H](c1ccccc1)O[C@H]2C. The summed E-state index contributed by atoms with van der Waals surface area (Å²) in [6.45, 7) is 1.92. The van der Waals surface area contributed by atoms with Crippen molar-refractivity contribution in [1.82, 2.24) is 0 Å². The Kier molecular flexibility index (Phi) is 3.26. The van der Waals surface area contributed by atoms with Gasteiger partial charge in [0, 0.05) is 5.56 Å². The van der Waals surface area contributed by atoms with Crippen LogP contribution >= 0.6 is 0 Å². The number of hydrogen-bond acceptors (Lipinski definition) is 5. The summed E-state index contributed by atoms with van der Waals surface area (Å²) in [6.07, 6.45) is -1.74. The van der Waals surface area contributed by atoms with Crippen LogP contribution in [0, 0.1) is 0 Å². The molecule has 0 aromatic heterocycles. The Bertz CT molecular complexity index is 460. The van der Waals surface area contributed by atoms with Crippen molar-refractivity contribution in [3.63, 3.8) is 0 Å². The zero-order valence-corrected chi connectivity index (χ0v) is 10.8. The average molecular weight is 264 g/mol. The minimum absolute atomic E-state index is 0.120. The van der Waals surface area contributed by atoms with Gasteiger partial charge < -0.3 is 18.9 Å². The van der Waals surface area contributed by atoms with Gasteiger partial charge in [0.1, 0.15) is 12.2 Å². The predicted octanol–water partition coefficient (Wildman–Crippen LogP) is 1.43. The van der Waals surface area contributed by atoms with Crippen LogP contribution in [0.5, 0.6) is 0 Å². The number of methoxy groups -OCH3 is 1. The highest BCUT2D eigenvalue weighted by atomic mass is 16.7. The highest BCUT2D eigenvalue weighted by Crippen LogP contribution is 2.39. The lowest BCUT2D eigenvalue weighted by atomic mass is 9.95. The summed E-state index contributed by atoms with van der Waals surface area (Å²) in [5.74, 6) is -0.401. The summed E-state index contributed by atoms with van der Waals surface area (Å²) < 4.78 is 21.8. The number of benzene rings is 1. The second-order valence-electron chi connectivity index (χ2n) is 4.73. The molecule has 2 aliphatic rings. The van der Waals surface area contributed by atoms with Crippen LogP contribution in [0.1, 0.15) is 18.8 Å². The van der Waals surface area contributed by atoms with E-state index in [0.29, 0.717) is 0 Å². The van der Waals surface area contributed by atoms with Crippen molar-refractivity contribution in [1.29, 1.82) is 0 Å². The van der Waals surface area contributed by atoms with E-state index in [4.69, 9.17) is 18.9 Å². The predicted molar refractivity (Wildman–Crippen MR) is 65.3 cm³/mol. The number of rotatable bonds is 2. The molecule has 5 nitrogen and oxygen atoms in total. The minimum Gasteiger partial charge on any atom is -0.467 e. The van der Waals surface area contributed by atoms with E-state index < -0.39 is 18.4 Å². The van der Waals surface area contributed by atoms with Crippen LogP contribution < -0.4 is 0 Å². The lowest BCUT2D eigenvalue weighted by Crippen LogP contribution is -2.66. The van der Waals surface area contributed by atoms with Gasteiger partial charge in [0.25, 0.3) is 0 Å². The van der Waals surface area contributed by atoms with Crippen molar-refractivity contribution in [2.75, 3.05) is 7.11 Å². The van der Waals surface area contributed by atoms with E-state index in [9.17, 15) is 4.79 Å². The van der Waals surface area contributed by atoms with E-state index >= 15 is 0 Å². The molecule has 2 heterocycles. The molecule has 102 valence electrons. The lowest BCUT2D eigenvalue weighted by Gasteiger charge is -2.50. The zero-order chi connectivity index (χ0) is 13.4. The Balaban J connectivity index is 1.75. The monoisotopic (exact) mass is 264 g/mol. The molecule has 19 heavy (non-hydrogen) atoms. The van der Waals surface area contributed by atoms with E-state index in [1.165, 1.54) is 7.11 Å². The number of carbonyl (C=O) groups excluding carboxylic acids is 1. The molecule has 2 aliphatic heterocycles. The van der Waals surface area contributed by atoms with E-state index in [1.54, 1.807) is 0 Å². The van der Waals surface area contributed by atoms with Gasteiger partial charge in [-0.1, -0.05) is 30.3 Å². The summed E-state index contributed by atoms with van der Waals surface area (Å²) in [7, 11) is 1.34. The fraction of sp³-hybridized carbons (Fsp3) is 0.500. The molecule has 1 aromatic rings. The van der Waals surface area contributed by atoms with Crippen molar-refractivity contribution in [2.45, 2.75) is 37.6 Å². The highest BCUT2D eigenvalue weighted by molar-refractivity contribution is 5.76. The third-order valence-corrected chi connectivity index (χ3v) is 3.51. The standard InChI is InChI=1S/C14H16O5/c1-8-10-11(12(18-10)13(15)16-2)19-14(17-8)9-6-4-3-5-7-9/h3-8,10-12,14H,1-2H3/t8-,10-,11+,12+,14+/m0/s1. The van der Waals surface area contributed by atoms with Crippen molar-refractivity contribution in [3.05, 3.63) is 35.9 Å². The molecule has 0 aliphatic carbocycles. The van der Waals surface area contributed by atoms with Crippen LogP contribution in [0.4, 0.5) is 0 Å². The van der Waals surface area contributed by atoms with Crippen LogP contribution in [0.25, 0.3) is 0 Å². The quantitative estimate of drug-likeness (QED) is 0.756. The number of ether oxygens (including phenoxy) is 4. The number of hydrogen-bond donors (Lipinski definition) is 0. The fourth-order valence-corrected chi connectivity index (χ4v) is 2.45. The Morgan fingerprint density at radius 2 is 1.84 bits per heavy atom. The summed E-state index contributed by atoms with van der Waals surface area (Å²) >= 11 is 0. The second-order valence-corrected chi connectivity index (χ2v) is 4.73. The lowest BCUT2D eigenvalue weighted by molar-refractivity contribution is -0.368. The smallest absolute Gasteiger partial charge is 0.337 e. The molecule has 3 rings (SSSR count). The summed E-state index contributed by atoms with van der Waals surface area (Å²) in [6, 6.07) is 9.65. The second kappa shape index (κ2) is 4.92. The van der Waals surface area contributed by atoms with Gasteiger partial charge in [-0.2, -0.15) is 0 Å². The summed E-state index contributed by atoms with van der Waals surface area (Å²) in [4.78, 5) is 11.5. The van der Waals surface area contributed by atoms with Crippen LogP contribution in [0.3, 0.4) is 0 Å². The van der Waals surface area contributed by atoms with Crippen molar-refractivity contribution < 1.29 is 23.7 Å². The number of carbonyl (C=O) groups is 1. The first-order valence-corrected chi connectivity index (χ1v) is 6.30. The van der Waals surface area contributed by atoms with E-state index in [-0.39, 0.29) is 18.3 Å². The first kappa shape index (κ1) is 12.6. The van der Waals surface area contributed by atoms with Gasteiger partial charge in [0.15, 0.2) is 12.4 Å². The maximum absolute atomic E-state index is 11.5. The molecule has 0 spiro atoms. The minimum atomic E-state index is -0.646. The van der Waals surface area contributed by atoms with Gasteiger partial charge in [-0.25, -0.2) is 4.79 Å². The first-order valence-electron chi connectivity index (χ1n) is 6.30. The first-order chi connectivity index (χ1) is 9.20. The van der Waals surface area contributed by atoms with Crippen molar-refractivity contribution in [3.8, 4) is 0 Å². The fourth-order valence-electron chi connectivity index (χ4n) is 2.45. The third-order valence-electron chi connectivity index (χ3n) is 3.51. The normalized spacial score (nSPS) is 37.1. The molecule has 1 aromatic carbocycles. The highest BCUT2D eigenvalue weighted by Gasteiger charge is 2.55. The molecule has 0 unspecified atom stereocenters. The van der Waals surface area contributed by atoms with Gasteiger partial charge in [0.05, 0.1) is 13.2 Å². The molecule has 0 amide bonds. The third kappa shape index (κ3) is 2.14. The molecule has 5 atom stereocenters. The Hall–Kier alpha value is -1.43. The zero-order valence-electron chi connectivity index (χ0n) is 10.8. The molecule has 0 radical (unpaired) electrons. The van der Waals surface area contributed by atoms with Crippen LogP contribution in [0.2, 0.25) is 0 Å². The van der Waals surface area contributed by atoms with Gasteiger partial charge in [-0.15, -0.1) is 0 Å². The molecular formula is C14H16O5. The Morgan fingerprint density at radius 1 is 1.11 bits per heavy atom. The molecule has 0 saturated carbocycles. The maximum atomic E-state index is 11.5. The molecule has 5 heteroatoms. The van der Waals surface area contributed by atoms with Crippen LogP contribution in [0.15, 0.2) is 30.3 Å². The van der Waals surface area contributed by atoms with Gasteiger partial charge in [-0.05, 0) is 6.92 Å². The van der Waals surface area contributed by atoms with Crippen molar-refractivity contribution in [2.24, 2.45) is 0 Å². The van der Waals surface area contributed by atoms with Gasteiger partial charge in [-0.3, -0.25) is 0 Å². The van der Waals surface area contributed by atoms with Gasteiger partial charge >= 0.3 is 5.97 Å². The largest absolute Gasteiger partial charge is 0.467 e. The van der Waals surface area contributed by atoms with Crippen LogP contribution in [-0.2, 0) is 23.7 Å². The van der Waals surface area contributed by atoms with Gasteiger partial charge in [0.2, 0.25) is 0 Å². The molecule has 2 saturated heterocycles.